The molecule has 0 aliphatic carbocycles. The van der Waals surface area contributed by atoms with Crippen molar-refractivity contribution in [2.45, 2.75) is 20.3 Å². The Bertz CT molecular complexity index is 397. The first-order valence-electron chi connectivity index (χ1n) is 5.19. The zero-order valence-corrected chi connectivity index (χ0v) is 10.4. The van der Waals surface area contributed by atoms with Gasteiger partial charge in [0.15, 0.2) is 5.12 Å². The fraction of sp³-hybridized carbons (Fsp3) is 0.308. The van der Waals surface area contributed by atoms with Crippen molar-refractivity contribution < 1.29 is 9.90 Å². The van der Waals surface area contributed by atoms with Gasteiger partial charge in [-0.2, -0.15) is 0 Å². The van der Waals surface area contributed by atoms with Crippen LogP contribution in [0, 0.1) is 6.92 Å². The summed E-state index contributed by atoms with van der Waals surface area (Å²) in [5.41, 5.74) is 1.95. The predicted molar refractivity (Wildman–Crippen MR) is 69.6 cm³/mol. The number of rotatable bonds is 4. The molecule has 0 aliphatic rings. The lowest BCUT2D eigenvalue weighted by Crippen LogP contribution is -1.84. The molecule has 0 saturated heterocycles. The number of aryl methyl sites for hydroxylation is 1. The zero-order chi connectivity index (χ0) is 12.0. The van der Waals surface area contributed by atoms with Crippen molar-refractivity contribution in [3.63, 3.8) is 0 Å². The number of allylic oxidation sites excluding steroid dienone is 1. The van der Waals surface area contributed by atoms with Crippen LogP contribution in [0.25, 0.3) is 6.08 Å². The third kappa shape index (κ3) is 4.53. The second-order valence-electron chi connectivity index (χ2n) is 3.59. The maximum atomic E-state index is 10.7. The van der Waals surface area contributed by atoms with Crippen LogP contribution in [0.2, 0.25) is 0 Å². The number of phenolic OH excluding ortho intramolecular Hbond substituents is 1. The molecule has 2 nitrogen and oxygen atoms in total. The van der Waals surface area contributed by atoms with E-state index in [1.807, 2.05) is 31.2 Å². The van der Waals surface area contributed by atoms with Crippen LogP contribution in [-0.2, 0) is 4.79 Å². The van der Waals surface area contributed by atoms with Crippen molar-refractivity contribution in [1.29, 1.82) is 0 Å². The summed E-state index contributed by atoms with van der Waals surface area (Å²) in [5, 5.41) is 9.71. The maximum Gasteiger partial charge on any atom is 0.185 e. The van der Waals surface area contributed by atoms with Crippen LogP contribution in [0.4, 0.5) is 0 Å². The van der Waals surface area contributed by atoms with E-state index in [4.69, 9.17) is 0 Å². The summed E-state index contributed by atoms with van der Waals surface area (Å²) in [6, 6.07) is 5.50. The molecule has 86 valence electrons. The second-order valence-corrected chi connectivity index (χ2v) is 4.87. The summed E-state index contributed by atoms with van der Waals surface area (Å²) in [6.07, 6.45) is 4.70. The summed E-state index contributed by atoms with van der Waals surface area (Å²) in [6.45, 7) is 3.56. The van der Waals surface area contributed by atoms with Gasteiger partial charge in [0, 0.05) is 18.2 Å². The highest BCUT2D eigenvalue weighted by Crippen LogP contribution is 2.19. The molecule has 1 N–H and O–H groups in total. The van der Waals surface area contributed by atoms with E-state index in [1.165, 1.54) is 11.8 Å². The lowest BCUT2D eigenvalue weighted by molar-refractivity contribution is -0.109. The molecule has 16 heavy (non-hydrogen) atoms. The Morgan fingerprint density at radius 2 is 2.25 bits per heavy atom. The summed E-state index contributed by atoms with van der Waals surface area (Å²) in [4.78, 5) is 10.7. The van der Waals surface area contributed by atoms with Crippen molar-refractivity contribution in [2.24, 2.45) is 0 Å². The molecule has 0 unspecified atom stereocenters. The number of phenols is 1. The number of thioether (sulfide) groups is 1. The Labute approximate surface area is 100 Å². The van der Waals surface area contributed by atoms with E-state index in [-0.39, 0.29) is 5.12 Å². The Morgan fingerprint density at radius 3 is 2.94 bits per heavy atom. The third-order valence-corrected chi connectivity index (χ3v) is 2.92. The van der Waals surface area contributed by atoms with Gasteiger partial charge in [-0.1, -0.05) is 35.5 Å². The molecule has 0 spiro atoms. The lowest BCUT2D eigenvalue weighted by atomic mass is 10.1. The minimum atomic E-state index is 0.145. The van der Waals surface area contributed by atoms with Crippen LogP contribution in [0.1, 0.15) is 24.5 Å². The normalized spacial score (nSPS) is 10.9. The van der Waals surface area contributed by atoms with Crippen LogP contribution in [0.3, 0.4) is 0 Å². The SMILES string of the molecule is CC(=O)SCCC=Cc1cc(C)ccc1O. The second kappa shape index (κ2) is 6.38. The van der Waals surface area contributed by atoms with E-state index < -0.39 is 0 Å². The van der Waals surface area contributed by atoms with Crippen LogP contribution in [-0.4, -0.2) is 16.0 Å². The largest absolute Gasteiger partial charge is 0.507 e. The average Bonchev–Trinajstić information content (AvgIpc) is 2.22. The van der Waals surface area contributed by atoms with Crippen LogP contribution >= 0.6 is 11.8 Å². The Balaban J connectivity index is 2.49. The zero-order valence-electron chi connectivity index (χ0n) is 9.56. The highest BCUT2D eigenvalue weighted by molar-refractivity contribution is 8.13. The van der Waals surface area contributed by atoms with Crippen molar-refractivity contribution in [3.05, 3.63) is 35.4 Å². The first-order valence-corrected chi connectivity index (χ1v) is 6.17. The molecule has 0 saturated carbocycles. The molecule has 0 heterocycles. The van der Waals surface area contributed by atoms with Gasteiger partial charge < -0.3 is 5.11 Å². The molecule has 0 aromatic heterocycles. The maximum absolute atomic E-state index is 10.7. The van der Waals surface area contributed by atoms with E-state index in [0.29, 0.717) is 5.75 Å². The number of carbonyl (C=O) groups is 1. The van der Waals surface area contributed by atoms with Crippen LogP contribution in [0.15, 0.2) is 24.3 Å². The van der Waals surface area contributed by atoms with Gasteiger partial charge >= 0.3 is 0 Å². The molecule has 0 fully saturated rings. The fourth-order valence-corrected chi connectivity index (χ4v) is 1.83. The van der Waals surface area contributed by atoms with Gasteiger partial charge in [-0.15, -0.1) is 0 Å². The van der Waals surface area contributed by atoms with E-state index in [2.05, 4.69) is 0 Å². The number of hydrogen-bond acceptors (Lipinski definition) is 3. The monoisotopic (exact) mass is 236 g/mol. The van der Waals surface area contributed by atoms with Crippen molar-refractivity contribution in [1.82, 2.24) is 0 Å². The standard InChI is InChI=1S/C13H16O2S/c1-10-6-7-13(15)12(9-10)5-3-4-8-16-11(2)14/h3,5-7,9,15H,4,8H2,1-2H3. The molecule has 0 amide bonds. The molecule has 0 radical (unpaired) electrons. The van der Waals surface area contributed by atoms with Crippen LogP contribution in [0.5, 0.6) is 5.75 Å². The van der Waals surface area contributed by atoms with Gasteiger partial charge in [-0.25, -0.2) is 0 Å². The average molecular weight is 236 g/mol. The van der Waals surface area contributed by atoms with E-state index >= 15 is 0 Å². The number of carbonyl (C=O) groups excluding carboxylic acids is 1. The van der Waals surface area contributed by atoms with Crippen molar-refractivity contribution in [2.75, 3.05) is 5.75 Å². The third-order valence-electron chi connectivity index (χ3n) is 2.07. The number of benzene rings is 1. The summed E-state index contributed by atoms with van der Waals surface area (Å²) in [5.74, 6) is 1.08. The van der Waals surface area contributed by atoms with Gasteiger partial charge in [0.2, 0.25) is 0 Å². The summed E-state index contributed by atoms with van der Waals surface area (Å²) >= 11 is 1.32. The van der Waals surface area contributed by atoms with Crippen molar-refractivity contribution >= 4 is 23.0 Å². The van der Waals surface area contributed by atoms with Gasteiger partial charge in [0.25, 0.3) is 0 Å². The first-order chi connectivity index (χ1) is 7.59. The fourth-order valence-electron chi connectivity index (χ4n) is 1.29. The minimum absolute atomic E-state index is 0.145. The van der Waals surface area contributed by atoms with Gasteiger partial charge in [-0.05, 0) is 25.5 Å². The summed E-state index contributed by atoms with van der Waals surface area (Å²) in [7, 11) is 0. The lowest BCUT2D eigenvalue weighted by Gasteiger charge is -2.00. The first kappa shape index (κ1) is 12.8. The Morgan fingerprint density at radius 1 is 1.50 bits per heavy atom. The smallest absolute Gasteiger partial charge is 0.185 e. The summed E-state index contributed by atoms with van der Waals surface area (Å²) < 4.78 is 0. The van der Waals surface area contributed by atoms with E-state index in [9.17, 15) is 9.90 Å². The van der Waals surface area contributed by atoms with E-state index in [0.717, 1.165) is 23.3 Å². The van der Waals surface area contributed by atoms with Crippen LogP contribution < -0.4 is 0 Å². The molecule has 3 heteroatoms. The van der Waals surface area contributed by atoms with Gasteiger partial charge in [-0.3, -0.25) is 4.79 Å². The quantitative estimate of drug-likeness (QED) is 0.814. The molecular weight excluding hydrogens is 220 g/mol. The van der Waals surface area contributed by atoms with Crippen molar-refractivity contribution in [3.8, 4) is 5.75 Å². The molecule has 1 rings (SSSR count). The Kier molecular flexibility index (Phi) is 5.12. The molecule has 1 aromatic carbocycles. The molecule has 0 atom stereocenters. The topological polar surface area (TPSA) is 37.3 Å². The van der Waals surface area contributed by atoms with Gasteiger partial charge in [0.1, 0.15) is 5.75 Å². The minimum Gasteiger partial charge on any atom is -0.507 e. The molecular formula is C13H16O2S. The Hall–Kier alpha value is -1.22. The van der Waals surface area contributed by atoms with Gasteiger partial charge in [0.05, 0.1) is 0 Å². The molecule has 0 aliphatic heterocycles. The number of aromatic hydroxyl groups is 1. The predicted octanol–water partition coefficient (Wildman–Crippen LogP) is 3.38. The highest BCUT2D eigenvalue weighted by atomic mass is 32.2. The molecule has 0 bridgehead atoms. The molecule has 1 aromatic rings. The van der Waals surface area contributed by atoms with E-state index in [1.54, 1.807) is 13.0 Å². The number of hydrogen-bond donors (Lipinski definition) is 1. The highest BCUT2D eigenvalue weighted by Gasteiger charge is 1.96.